The van der Waals surface area contributed by atoms with Crippen LogP contribution < -0.4 is 5.32 Å². The van der Waals surface area contributed by atoms with Gasteiger partial charge in [-0.3, -0.25) is 0 Å². The summed E-state index contributed by atoms with van der Waals surface area (Å²) >= 11 is 0. The standard InChI is InChI=1S/C12H16FNO3/c1-12(2,17-3)7-14-9-6-4-5-8(13)10(9)11(15)16/h4-6,14H,7H2,1-3H3,(H,15,16). The van der Waals surface area contributed by atoms with Crippen LogP contribution in [0.25, 0.3) is 0 Å². The fraction of sp³-hybridized carbons (Fsp3) is 0.417. The summed E-state index contributed by atoms with van der Waals surface area (Å²) in [5.41, 5.74) is -0.552. The second kappa shape index (κ2) is 5.14. The number of carboxylic acids is 1. The number of nitrogens with one attached hydrogen (secondary N) is 1. The van der Waals surface area contributed by atoms with Crippen LogP contribution in [-0.2, 0) is 4.74 Å². The number of benzene rings is 1. The molecule has 0 heterocycles. The third kappa shape index (κ3) is 3.42. The number of aromatic carboxylic acids is 1. The van der Waals surface area contributed by atoms with Gasteiger partial charge in [0.1, 0.15) is 11.4 Å². The van der Waals surface area contributed by atoms with Crippen molar-refractivity contribution in [3.05, 3.63) is 29.6 Å². The quantitative estimate of drug-likeness (QED) is 0.830. The molecule has 0 amide bonds. The highest BCUT2D eigenvalue weighted by Crippen LogP contribution is 2.20. The molecule has 0 aromatic heterocycles. The Labute approximate surface area is 99.4 Å². The zero-order valence-electron chi connectivity index (χ0n) is 10.1. The van der Waals surface area contributed by atoms with E-state index >= 15 is 0 Å². The largest absolute Gasteiger partial charge is 0.478 e. The molecule has 1 aromatic carbocycles. The van der Waals surface area contributed by atoms with E-state index in [4.69, 9.17) is 9.84 Å². The Morgan fingerprint density at radius 1 is 1.53 bits per heavy atom. The number of rotatable bonds is 5. The van der Waals surface area contributed by atoms with Gasteiger partial charge in [0.05, 0.1) is 11.3 Å². The molecule has 2 N–H and O–H groups in total. The van der Waals surface area contributed by atoms with Crippen LogP contribution in [0, 0.1) is 5.82 Å². The van der Waals surface area contributed by atoms with Crippen LogP contribution in [0.15, 0.2) is 18.2 Å². The Balaban J connectivity index is 2.92. The fourth-order valence-corrected chi connectivity index (χ4v) is 1.27. The van der Waals surface area contributed by atoms with Gasteiger partial charge in [-0.1, -0.05) is 6.07 Å². The number of hydrogen-bond acceptors (Lipinski definition) is 3. The molecule has 0 bridgehead atoms. The van der Waals surface area contributed by atoms with Gasteiger partial charge in [0, 0.05) is 13.7 Å². The van der Waals surface area contributed by atoms with Crippen molar-refractivity contribution in [1.82, 2.24) is 0 Å². The first-order chi connectivity index (χ1) is 7.87. The molecule has 0 aliphatic heterocycles. The molecule has 0 spiro atoms. The van der Waals surface area contributed by atoms with Gasteiger partial charge in [0.25, 0.3) is 0 Å². The van der Waals surface area contributed by atoms with Gasteiger partial charge in [-0.2, -0.15) is 0 Å². The minimum Gasteiger partial charge on any atom is -0.478 e. The second-order valence-corrected chi connectivity index (χ2v) is 4.28. The molecule has 0 aliphatic rings. The van der Waals surface area contributed by atoms with E-state index in [9.17, 15) is 9.18 Å². The number of methoxy groups -OCH3 is 1. The van der Waals surface area contributed by atoms with Crippen LogP contribution in [0.3, 0.4) is 0 Å². The number of anilines is 1. The molecule has 0 saturated heterocycles. The lowest BCUT2D eigenvalue weighted by Gasteiger charge is -2.24. The maximum Gasteiger partial charge on any atom is 0.340 e. The predicted molar refractivity (Wildman–Crippen MR) is 62.9 cm³/mol. The maximum atomic E-state index is 13.4. The number of halogens is 1. The molecule has 17 heavy (non-hydrogen) atoms. The Kier molecular flexibility index (Phi) is 4.07. The van der Waals surface area contributed by atoms with Gasteiger partial charge < -0.3 is 15.2 Å². The Morgan fingerprint density at radius 3 is 2.71 bits per heavy atom. The number of carboxylic acid groups (broad SMARTS) is 1. The van der Waals surface area contributed by atoms with E-state index in [2.05, 4.69) is 5.32 Å². The van der Waals surface area contributed by atoms with Crippen molar-refractivity contribution in [3.63, 3.8) is 0 Å². The summed E-state index contributed by atoms with van der Waals surface area (Å²) in [5, 5.41) is 11.8. The minimum absolute atomic E-state index is 0.252. The second-order valence-electron chi connectivity index (χ2n) is 4.28. The van der Waals surface area contributed by atoms with Gasteiger partial charge in [0.2, 0.25) is 0 Å². The average molecular weight is 241 g/mol. The summed E-state index contributed by atoms with van der Waals surface area (Å²) in [7, 11) is 1.56. The lowest BCUT2D eigenvalue weighted by atomic mass is 10.1. The minimum atomic E-state index is -1.29. The molecule has 0 radical (unpaired) electrons. The topological polar surface area (TPSA) is 58.6 Å². The molecule has 0 unspecified atom stereocenters. The molecule has 0 saturated carbocycles. The van der Waals surface area contributed by atoms with Crippen molar-refractivity contribution >= 4 is 11.7 Å². The fourth-order valence-electron chi connectivity index (χ4n) is 1.27. The number of ether oxygens (including phenoxy) is 1. The van der Waals surface area contributed by atoms with Crippen molar-refractivity contribution in [2.75, 3.05) is 19.0 Å². The van der Waals surface area contributed by atoms with Gasteiger partial charge in [0.15, 0.2) is 0 Å². The Hall–Kier alpha value is -1.62. The highest BCUT2D eigenvalue weighted by molar-refractivity contribution is 5.94. The number of hydrogen-bond donors (Lipinski definition) is 2. The third-order valence-corrected chi connectivity index (χ3v) is 2.48. The summed E-state index contributed by atoms with van der Waals surface area (Å²) in [5.74, 6) is -2.04. The van der Waals surface area contributed by atoms with Crippen LogP contribution in [0.1, 0.15) is 24.2 Å². The maximum absolute atomic E-state index is 13.4. The molecule has 1 rings (SSSR count). The lowest BCUT2D eigenvalue weighted by molar-refractivity contribution is 0.0343. The monoisotopic (exact) mass is 241 g/mol. The normalized spacial score (nSPS) is 11.3. The van der Waals surface area contributed by atoms with E-state index in [0.717, 1.165) is 6.07 Å². The van der Waals surface area contributed by atoms with E-state index in [1.54, 1.807) is 7.11 Å². The molecule has 0 fully saturated rings. The Bertz CT molecular complexity index is 418. The molecule has 1 aromatic rings. The highest BCUT2D eigenvalue weighted by Gasteiger charge is 2.19. The third-order valence-electron chi connectivity index (χ3n) is 2.48. The van der Waals surface area contributed by atoms with Crippen LogP contribution in [0.4, 0.5) is 10.1 Å². The number of carbonyl (C=O) groups is 1. The summed E-state index contributed by atoms with van der Waals surface area (Å²) in [6.07, 6.45) is 0. The van der Waals surface area contributed by atoms with Crippen molar-refractivity contribution in [1.29, 1.82) is 0 Å². The molecular formula is C12H16FNO3. The highest BCUT2D eigenvalue weighted by atomic mass is 19.1. The van der Waals surface area contributed by atoms with E-state index in [1.165, 1.54) is 12.1 Å². The first kappa shape index (κ1) is 13.4. The summed E-state index contributed by atoms with van der Waals surface area (Å²) in [6.45, 7) is 4.08. The smallest absolute Gasteiger partial charge is 0.340 e. The first-order valence-corrected chi connectivity index (χ1v) is 5.18. The van der Waals surface area contributed by atoms with E-state index in [1.807, 2.05) is 13.8 Å². The van der Waals surface area contributed by atoms with Gasteiger partial charge in [-0.05, 0) is 26.0 Å². The molecular weight excluding hydrogens is 225 g/mol. The van der Waals surface area contributed by atoms with Crippen molar-refractivity contribution in [2.24, 2.45) is 0 Å². The van der Waals surface area contributed by atoms with E-state index in [-0.39, 0.29) is 11.3 Å². The summed E-state index contributed by atoms with van der Waals surface area (Å²) < 4.78 is 18.5. The molecule has 0 aliphatic carbocycles. The van der Waals surface area contributed by atoms with Crippen LogP contribution in [0.2, 0.25) is 0 Å². The first-order valence-electron chi connectivity index (χ1n) is 5.18. The van der Waals surface area contributed by atoms with Crippen LogP contribution in [0.5, 0.6) is 0 Å². The lowest BCUT2D eigenvalue weighted by Crippen LogP contribution is -2.32. The Morgan fingerprint density at radius 2 is 2.18 bits per heavy atom. The van der Waals surface area contributed by atoms with Gasteiger partial charge in [-0.15, -0.1) is 0 Å². The van der Waals surface area contributed by atoms with E-state index < -0.39 is 17.4 Å². The van der Waals surface area contributed by atoms with Crippen molar-refractivity contribution in [3.8, 4) is 0 Å². The van der Waals surface area contributed by atoms with Crippen LogP contribution in [-0.4, -0.2) is 30.3 Å². The molecule has 94 valence electrons. The van der Waals surface area contributed by atoms with Gasteiger partial charge in [-0.25, -0.2) is 9.18 Å². The summed E-state index contributed by atoms with van der Waals surface area (Å²) in [6, 6.07) is 4.11. The SMILES string of the molecule is COC(C)(C)CNc1cccc(F)c1C(=O)O. The van der Waals surface area contributed by atoms with E-state index in [0.29, 0.717) is 6.54 Å². The zero-order chi connectivity index (χ0) is 13.1. The van der Waals surface area contributed by atoms with Gasteiger partial charge >= 0.3 is 5.97 Å². The summed E-state index contributed by atoms with van der Waals surface area (Å²) in [4.78, 5) is 10.9. The van der Waals surface area contributed by atoms with Crippen LogP contribution >= 0.6 is 0 Å². The molecule has 4 nitrogen and oxygen atoms in total. The molecule has 0 atom stereocenters. The molecule has 5 heteroatoms. The van der Waals surface area contributed by atoms with Crippen molar-refractivity contribution in [2.45, 2.75) is 19.4 Å². The zero-order valence-corrected chi connectivity index (χ0v) is 10.1. The average Bonchev–Trinajstić information content (AvgIpc) is 2.26. The van der Waals surface area contributed by atoms with Crippen molar-refractivity contribution < 1.29 is 19.0 Å². The predicted octanol–water partition coefficient (Wildman–Crippen LogP) is 2.36.